The molecule has 1 atom stereocenters. The van der Waals surface area contributed by atoms with Crippen molar-refractivity contribution in [2.45, 2.75) is 32.2 Å². The molecular weight excluding hydrogens is 369 g/mol. The van der Waals surface area contributed by atoms with Gasteiger partial charge in [-0.3, -0.25) is 14.3 Å². The van der Waals surface area contributed by atoms with Gasteiger partial charge < -0.3 is 10.4 Å². The van der Waals surface area contributed by atoms with Crippen molar-refractivity contribution < 1.29 is 19.1 Å². The molecular formula is C19H20FN3O3S. The molecule has 0 aliphatic heterocycles. The average Bonchev–Trinajstić information content (AvgIpc) is 3.15. The summed E-state index contributed by atoms with van der Waals surface area (Å²) in [5, 5.41) is 17.3. The molecule has 2 aromatic heterocycles. The van der Waals surface area contributed by atoms with Gasteiger partial charge in [0.15, 0.2) is 0 Å². The molecule has 0 aliphatic carbocycles. The summed E-state index contributed by atoms with van der Waals surface area (Å²) in [4.78, 5) is 25.3. The molecule has 0 spiro atoms. The van der Waals surface area contributed by atoms with Gasteiger partial charge in [-0.05, 0) is 29.7 Å². The minimum Gasteiger partial charge on any atom is -0.481 e. The topological polar surface area (TPSA) is 84.2 Å². The van der Waals surface area contributed by atoms with E-state index in [2.05, 4.69) is 10.4 Å². The number of aryl methyl sites for hydroxylation is 1. The number of rotatable bonds is 6. The van der Waals surface area contributed by atoms with Crippen molar-refractivity contribution in [2.75, 3.05) is 0 Å². The van der Waals surface area contributed by atoms with E-state index >= 15 is 0 Å². The number of fused-ring (bicyclic) bond motifs is 1. The molecule has 3 rings (SSSR count). The van der Waals surface area contributed by atoms with Crippen LogP contribution in [0.2, 0.25) is 0 Å². The number of carboxylic acid groups (broad SMARTS) is 1. The third kappa shape index (κ3) is 4.00. The Morgan fingerprint density at radius 3 is 2.56 bits per heavy atom. The number of thiophene rings is 1. The minimum absolute atomic E-state index is 0.221. The summed E-state index contributed by atoms with van der Waals surface area (Å²) in [7, 11) is 1.83. The number of hydrogen-bond acceptors (Lipinski definition) is 4. The first kappa shape index (κ1) is 19.0. The van der Waals surface area contributed by atoms with Crippen molar-refractivity contribution in [2.24, 2.45) is 7.05 Å². The predicted octanol–water partition coefficient (Wildman–Crippen LogP) is 3.84. The fourth-order valence-corrected chi connectivity index (χ4v) is 3.94. The summed E-state index contributed by atoms with van der Waals surface area (Å²) >= 11 is 1.31. The number of aliphatic carboxylic acids is 1. The van der Waals surface area contributed by atoms with Crippen LogP contribution in [0.5, 0.6) is 0 Å². The van der Waals surface area contributed by atoms with Crippen LogP contribution >= 0.6 is 11.3 Å². The van der Waals surface area contributed by atoms with Crippen molar-refractivity contribution >= 4 is 33.4 Å². The van der Waals surface area contributed by atoms with Crippen molar-refractivity contribution in [3.05, 3.63) is 52.3 Å². The number of nitrogens with one attached hydrogen (secondary N) is 1. The lowest BCUT2D eigenvalue weighted by Gasteiger charge is -2.17. The first-order chi connectivity index (χ1) is 12.8. The number of hydrogen-bond donors (Lipinski definition) is 2. The van der Waals surface area contributed by atoms with Crippen LogP contribution in [-0.4, -0.2) is 26.8 Å². The molecule has 0 saturated carbocycles. The van der Waals surface area contributed by atoms with Crippen LogP contribution in [-0.2, 0) is 11.8 Å². The molecule has 1 unspecified atom stereocenters. The van der Waals surface area contributed by atoms with Crippen LogP contribution in [0.4, 0.5) is 4.39 Å². The second kappa shape index (κ2) is 7.48. The third-order valence-electron chi connectivity index (χ3n) is 4.27. The normalized spacial score (nSPS) is 12.5. The number of nitrogens with zero attached hydrogens (tertiary/aromatic N) is 2. The Morgan fingerprint density at radius 1 is 1.30 bits per heavy atom. The Kier molecular flexibility index (Phi) is 5.27. The largest absolute Gasteiger partial charge is 0.481 e. The van der Waals surface area contributed by atoms with Crippen LogP contribution in [0.3, 0.4) is 0 Å². The van der Waals surface area contributed by atoms with E-state index in [9.17, 15) is 14.0 Å². The minimum atomic E-state index is -1.05. The van der Waals surface area contributed by atoms with Crippen molar-refractivity contribution in [1.82, 2.24) is 15.1 Å². The summed E-state index contributed by atoms with van der Waals surface area (Å²) in [5.41, 5.74) is 1.46. The molecule has 0 saturated heterocycles. The van der Waals surface area contributed by atoms with Crippen LogP contribution < -0.4 is 5.32 Å². The maximum absolute atomic E-state index is 13.2. The van der Waals surface area contributed by atoms with Crippen LogP contribution in [0, 0.1) is 5.82 Å². The first-order valence-corrected chi connectivity index (χ1v) is 9.32. The van der Waals surface area contributed by atoms with Gasteiger partial charge in [0.1, 0.15) is 10.6 Å². The molecule has 1 aromatic carbocycles. The number of carbonyl (C=O) groups excluding carboxylic acids is 1. The van der Waals surface area contributed by atoms with Gasteiger partial charge in [-0.25, -0.2) is 4.39 Å². The molecule has 3 aromatic rings. The summed E-state index contributed by atoms with van der Waals surface area (Å²) in [6, 6.07) is 6.50. The molecule has 2 heterocycles. The van der Waals surface area contributed by atoms with E-state index in [0.29, 0.717) is 10.4 Å². The van der Waals surface area contributed by atoms with E-state index in [-0.39, 0.29) is 18.2 Å². The molecule has 1 amide bonds. The zero-order valence-corrected chi connectivity index (χ0v) is 16.0. The molecule has 6 nitrogen and oxygen atoms in total. The summed E-state index contributed by atoms with van der Waals surface area (Å²) in [5.74, 6) is -1.61. The molecule has 2 N–H and O–H groups in total. The average molecular weight is 389 g/mol. The van der Waals surface area contributed by atoms with E-state index < -0.39 is 17.8 Å². The Balaban J connectivity index is 1.89. The Labute approximate surface area is 159 Å². The van der Waals surface area contributed by atoms with E-state index in [1.807, 2.05) is 20.9 Å². The first-order valence-electron chi connectivity index (χ1n) is 8.50. The number of aromatic nitrogens is 2. The lowest BCUT2D eigenvalue weighted by atomic mass is 10.0. The lowest BCUT2D eigenvalue weighted by molar-refractivity contribution is -0.137. The molecule has 142 valence electrons. The maximum atomic E-state index is 13.2. The van der Waals surface area contributed by atoms with Gasteiger partial charge in [-0.1, -0.05) is 26.0 Å². The zero-order chi connectivity index (χ0) is 19.7. The van der Waals surface area contributed by atoms with Crippen LogP contribution in [0.1, 0.15) is 53.2 Å². The van der Waals surface area contributed by atoms with Crippen molar-refractivity contribution in [1.29, 1.82) is 0 Å². The van der Waals surface area contributed by atoms with Crippen molar-refractivity contribution in [3.63, 3.8) is 0 Å². The second-order valence-corrected chi connectivity index (χ2v) is 7.70. The van der Waals surface area contributed by atoms with Gasteiger partial charge in [-0.15, -0.1) is 11.3 Å². The van der Waals surface area contributed by atoms with E-state index in [1.54, 1.807) is 10.7 Å². The van der Waals surface area contributed by atoms with Gasteiger partial charge in [0.25, 0.3) is 5.91 Å². The molecule has 27 heavy (non-hydrogen) atoms. The molecule has 0 fully saturated rings. The van der Waals surface area contributed by atoms with Crippen LogP contribution in [0.25, 0.3) is 10.2 Å². The maximum Gasteiger partial charge on any atom is 0.305 e. The van der Waals surface area contributed by atoms with E-state index in [4.69, 9.17) is 5.11 Å². The van der Waals surface area contributed by atoms with Crippen LogP contribution in [0.15, 0.2) is 30.3 Å². The highest BCUT2D eigenvalue weighted by atomic mass is 32.1. The summed E-state index contributed by atoms with van der Waals surface area (Å²) < 4.78 is 14.9. The SMILES string of the molecule is CC(C)c1nn(C)c2sc(C(=O)NC(CC(=O)O)c3ccc(F)cc3)cc12. The zero-order valence-electron chi connectivity index (χ0n) is 15.2. The molecule has 0 aliphatic rings. The molecule has 0 bridgehead atoms. The van der Waals surface area contributed by atoms with Gasteiger partial charge in [0, 0.05) is 12.4 Å². The molecule has 0 radical (unpaired) electrons. The van der Waals surface area contributed by atoms with Gasteiger partial charge in [0.2, 0.25) is 0 Å². The van der Waals surface area contributed by atoms with Gasteiger partial charge >= 0.3 is 5.97 Å². The number of halogens is 1. The Morgan fingerprint density at radius 2 is 1.96 bits per heavy atom. The number of benzene rings is 1. The Hall–Kier alpha value is -2.74. The van der Waals surface area contributed by atoms with Crippen molar-refractivity contribution in [3.8, 4) is 0 Å². The third-order valence-corrected chi connectivity index (χ3v) is 5.47. The highest BCUT2D eigenvalue weighted by Crippen LogP contribution is 2.32. The highest BCUT2D eigenvalue weighted by Gasteiger charge is 2.22. The predicted molar refractivity (Wildman–Crippen MR) is 102 cm³/mol. The number of carboxylic acids is 1. The van der Waals surface area contributed by atoms with E-state index in [0.717, 1.165) is 15.9 Å². The quantitative estimate of drug-likeness (QED) is 0.671. The highest BCUT2D eigenvalue weighted by molar-refractivity contribution is 7.20. The number of carbonyl (C=O) groups is 2. The van der Waals surface area contributed by atoms with Gasteiger partial charge in [-0.2, -0.15) is 5.10 Å². The lowest BCUT2D eigenvalue weighted by Crippen LogP contribution is -2.29. The number of amides is 1. The summed E-state index contributed by atoms with van der Waals surface area (Å²) in [6.45, 7) is 4.08. The van der Waals surface area contributed by atoms with E-state index in [1.165, 1.54) is 35.6 Å². The summed E-state index contributed by atoms with van der Waals surface area (Å²) in [6.07, 6.45) is -0.291. The standard InChI is InChI=1S/C19H20FN3O3S/c1-10(2)17-13-8-15(27-19(13)23(3)22-17)18(26)21-14(9-16(24)25)11-4-6-12(20)7-5-11/h4-8,10,14H,9H2,1-3H3,(H,21,26)(H,24,25). The smallest absolute Gasteiger partial charge is 0.305 e. The monoisotopic (exact) mass is 389 g/mol. The molecule has 8 heteroatoms. The van der Waals surface area contributed by atoms with Gasteiger partial charge in [0.05, 0.1) is 23.0 Å². The second-order valence-electron chi connectivity index (χ2n) is 6.67. The fourth-order valence-electron chi connectivity index (χ4n) is 2.96. The fraction of sp³-hybridized carbons (Fsp3) is 0.316. The Bertz CT molecular complexity index is 992.